The number of hydrogen-bond acceptors (Lipinski definition) is 3. The van der Waals surface area contributed by atoms with E-state index in [4.69, 9.17) is 10.00 Å². The van der Waals surface area contributed by atoms with Crippen LogP contribution in [0.4, 0.5) is 0 Å². The van der Waals surface area contributed by atoms with Crippen molar-refractivity contribution in [2.45, 2.75) is 6.92 Å². The highest BCUT2D eigenvalue weighted by Crippen LogP contribution is 2.30. The maximum Gasteiger partial charge on any atom is 0.163 e. The lowest BCUT2D eigenvalue weighted by Crippen LogP contribution is -1.98. The minimum atomic E-state index is -0.0919. The van der Waals surface area contributed by atoms with Crippen LogP contribution in [0.5, 0.6) is 11.5 Å². The van der Waals surface area contributed by atoms with E-state index < -0.39 is 0 Å². The molecule has 0 N–H and O–H groups in total. The average molecular weight is 316 g/mol. The Morgan fingerprint density at radius 3 is 2.63 bits per heavy atom. The summed E-state index contributed by atoms with van der Waals surface area (Å²) in [5.74, 6) is 0.791. The van der Waals surface area contributed by atoms with Crippen molar-refractivity contribution in [3.63, 3.8) is 0 Å². The summed E-state index contributed by atoms with van der Waals surface area (Å²) in [5, 5.41) is 9.01. The first-order valence-corrected chi connectivity index (χ1v) is 6.38. The van der Waals surface area contributed by atoms with E-state index in [-0.39, 0.29) is 5.78 Å². The number of para-hydroxylation sites is 1. The predicted octanol–water partition coefficient (Wildman–Crippen LogP) is 4.32. The second-order valence-electron chi connectivity index (χ2n) is 3.91. The molecule has 2 aromatic carbocycles. The van der Waals surface area contributed by atoms with Crippen molar-refractivity contribution in [3.05, 3.63) is 58.1 Å². The number of Topliss-reactive ketones (excluding diaryl/α,β-unsaturated/α-hetero) is 1. The smallest absolute Gasteiger partial charge is 0.163 e. The summed E-state index contributed by atoms with van der Waals surface area (Å²) in [4.78, 5) is 11.6. The molecule has 0 unspecified atom stereocenters. The van der Waals surface area contributed by atoms with Crippen LogP contribution in [-0.2, 0) is 0 Å². The van der Waals surface area contributed by atoms with Crippen molar-refractivity contribution in [3.8, 4) is 17.6 Å². The summed E-state index contributed by atoms with van der Waals surface area (Å²) in [7, 11) is 0. The van der Waals surface area contributed by atoms with Gasteiger partial charge in [0.2, 0.25) is 0 Å². The van der Waals surface area contributed by atoms with Crippen LogP contribution in [-0.4, -0.2) is 5.78 Å². The molecule has 3 nitrogen and oxygen atoms in total. The van der Waals surface area contributed by atoms with Crippen molar-refractivity contribution in [1.82, 2.24) is 0 Å². The van der Waals surface area contributed by atoms with Crippen molar-refractivity contribution in [2.24, 2.45) is 0 Å². The second-order valence-corrected chi connectivity index (χ2v) is 4.82. The SMILES string of the molecule is CC(=O)c1cc(Br)ccc1Oc1ccccc1C#N. The summed E-state index contributed by atoms with van der Waals surface area (Å²) in [6, 6.07) is 14.2. The van der Waals surface area contributed by atoms with Crippen molar-refractivity contribution >= 4 is 21.7 Å². The molecule has 0 amide bonds. The third-order valence-corrected chi connectivity index (χ3v) is 3.04. The van der Waals surface area contributed by atoms with E-state index in [1.165, 1.54) is 6.92 Å². The molecule has 0 spiro atoms. The highest BCUT2D eigenvalue weighted by Gasteiger charge is 2.11. The molecule has 4 heteroatoms. The van der Waals surface area contributed by atoms with E-state index >= 15 is 0 Å². The van der Waals surface area contributed by atoms with Gasteiger partial charge in [-0.1, -0.05) is 28.1 Å². The van der Waals surface area contributed by atoms with Gasteiger partial charge >= 0.3 is 0 Å². The molecular weight excluding hydrogens is 306 g/mol. The fourth-order valence-electron chi connectivity index (χ4n) is 1.63. The number of hydrogen-bond donors (Lipinski definition) is 0. The van der Waals surface area contributed by atoms with Gasteiger partial charge in [-0.2, -0.15) is 5.26 Å². The largest absolute Gasteiger partial charge is 0.455 e. The first-order chi connectivity index (χ1) is 9.11. The number of carbonyl (C=O) groups is 1. The van der Waals surface area contributed by atoms with Crippen LogP contribution in [0.2, 0.25) is 0 Å². The van der Waals surface area contributed by atoms with Crippen molar-refractivity contribution < 1.29 is 9.53 Å². The normalized spacial score (nSPS) is 9.74. The molecule has 0 bridgehead atoms. The number of nitriles is 1. The fourth-order valence-corrected chi connectivity index (χ4v) is 1.99. The Bertz CT molecular complexity index is 674. The van der Waals surface area contributed by atoms with Crippen LogP contribution in [0.3, 0.4) is 0 Å². The zero-order valence-electron chi connectivity index (χ0n) is 10.2. The number of benzene rings is 2. The quantitative estimate of drug-likeness (QED) is 0.793. The lowest BCUT2D eigenvalue weighted by Gasteiger charge is -2.10. The van der Waals surface area contributed by atoms with Crippen molar-refractivity contribution in [1.29, 1.82) is 5.26 Å². The molecule has 0 heterocycles. The number of ketones is 1. The van der Waals surface area contributed by atoms with Gasteiger partial charge in [0.1, 0.15) is 17.6 Å². The molecule has 2 rings (SSSR count). The van der Waals surface area contributed by atoms with Gasteiger partial charge in [-0.05, 0) is 37.3 Å². The molecule has 0 saturated heterocycles. The monoisotopic (exact) mass is 315 g/mol. The fraction of sp³-hybridized carbons (Fsp3) is 0.0667. The Balaban J connectivity index is 2.44. The van der Waals surface area contributed by atoms with Crippen LogP contribution in [0.15, 0.2) is 46.9 Å². The molecule has 94 valence electrons. The third-order valence-electron chi connectivity index (χ3n) is 2.55. The van der Waals surface area contributed by atoms with Gasteiger partial charge < -0.3 is 4.74 Å². The molecule has 0 atom stereocenters. The second kappa shape index (κ2) is 5.68. The summed E-state index contributed by atoms with van der Waals surface area (Å²) < 4.78 is 6.49. The van der Waals surface area contributed by atoms with E-state index in [9.17, 15) is 4.79 Å². The molecule has 0 aliphatic carbocycles. The standard InChI is InChI=1S/C15H10BrNO2/c1-10(18)13-8-12(16)6-7-15(13)19-14-5-3-2-4-11(14)9-17/h2-8H,1H3. The van der Waals surface area contributed by atoms with Gasteiger partial charge in [-0.3, -0.25) is 4.79 Å². The summed E-state index contributed by atoms with van der Waals surface area (Å²) >= 11 is 3.32. The van der Waals surface area contributed by atoms with Crippen LogP contribution >= 0.6 is 15.9 Å². The zero-order chi connectivity index (χ0) is 13.8. The maximum atomic E-state index is 11.6. The first-order valence-electron chi connectivity index (χ1n) is 5.59. The minimum Gasteiger partial charge on any atom is -0.455 e. The highest BCUT2D eigenvalue weighted by molar-refractivity contribution is 9.10. The van der Waals surface area contributed by atoms with Gasteiger partial charge in [0.15, 0.2) is 5.78 Å². The van der Waals surface area contributed by atoms with E-state index in [1.54, 1.807) is 42.5 Å². The lowest BCUT2D eigenvalue weighted by molar-refractivity contribution is 0.101. The zero-order valence-corrected chi connectivity index (χ0v) is 11.8. The Morgan fingerprint density at radius 2 is 1.95 bits per heavy atom. The highest BCUT2D eigenvalue weighted by atomic mass is 79.9. The van der Waals surface area contributed by atoms with Gasteiger partial charge in [-0.15, -0.1) is 0 Å². The Labute approximate surface area is 119 Å². The summed E-state index contributed by atoms with van der Waals surface area (Å²) in [6.45, 7) is 1.48. The number of nitrogens with zero attached hydrogens (tertiary/aromatic N) is 1. The minimum absolute atomic E-state index is 0.0919. The maximum absolute atomic E-state index is 11.6. The average Bonchev–Trinajstić information content (AvgIpc) is 2.41. The van der Waals surface area contributed by atoms with Gasteiger partial charge in [0, 0.05) is 4.47 Å². The van der Waals surface area contributed by atoms with Crippen LogP contribution in [0.1, 0.15) is 22.8 Å². The van der Waals surface area contributed by atoms with E-state index in [0.717, 1.165) is 4.47 Å². The van der Waals surface area contributed by atoms with Crippen LogP contribution in [0, 0.1) is 11.3 Å². The van der Waals surface area contributed by atoms with Gasteiger partial charge in [0.25, 0.3) is 0 Å². The molecule has 0 saturated carbocycles. The van der Waals surface area contributed by atoms with Gasteiger partial charge in [0.05, 0.1) is 11.1 Å². The molecular formula is C15H10BrNO2. The summed E-state index contributed by atoms with van der Waals surface area (Å²) in [5.41, 5.74) is 0.905. The van der Waals surface area contributed by atoms with Crippen molar-refractivity contribution in [2.75, 3.05) is 0 Å². The van der Waals surface area contributed by atoms with E-state index in [0.29, 0.717) is 22.6 Å². The van der Waals surface area contributed by atoms with Crippen LogP contribution in [0.25, 0.3) is 0 Å². The van der Waals surface area contributed by atoms with Gasteiger partial charge in [-0.25, -0.2) is 0 Å². The van der Waals surface area contributed by atoms with E-state index in [1.807, 2.05) is 0 Å². The molecule has 0 fully saturated rings. The Kier molecular flexibility index (Phi) is 3.98. The molecule has 2 aromatic rings. The predicted molar refractivity (Wildman–Crippen MR) is 75.4 cm³/mol. The lowest BCUT2D eigenvalue weighted by atomic mass is 10.1. The van der Waals surface area contributed by atoms with E-state index in [2.05, 4.69) is 22.0 Å². The molecule has 0 radical (unpaired) electrons. The summed E-state index contributed by atoms with van der Waals surface area (Å²) in [6.07, 6.45) is 0. The Hall–Kier alpha value is -2.12. The number of rotatable bonds is 3. The number of halogens is 1. The third kappa shape index (κ3) is 3.01. The topological polar surface area (TPSA) is 50.1 Å². The Morgan fingerprint density at radius 1 is 1.21 bits per heavy atom. The first kappa shape index (κ1) is 13.3. The number of carbonyl (C=O) groups excluding carboxylic acids is 1. The molecule has 0 aliphatic heterocycles. The molecule has 19 heavy (non-hydrogen) atoms. The number of ether oxygens (including phenoxy) is 1. The van der Waals surface area contributed by atoms with Crippen LogP contribution < -0.4 is 4.74 Å². The molecule has 0 aliphatic rings. The molecule has 0 aromatic heterocycles.